The summed E-state index contributed by atoms with van der Waals surface area (Å²) in [5, 5.41) is 0. The number of benzene rings is 2. The van der Waals surface area contributed by atoms with Crippen LogP contribution in [0.2, 0.25) is 0 Å². The molecule has 0 saturated carbocycles. The van der Waals surface area contributed by atoms with Crippen molar-refractivity contribution in [1.82, 2.24) is 9.80 Å². The van der Waals surface area contributed by atoms with Crippen LogP contribution in [0.4, 0.5) is 5.69 Å². The van der Waals surface area contributed by atoms with Crippen LogP contribution in [-0.2, 0) is 25.0 Å². The number of sulfonamides is 1. The van der Waals surface area contributed by atoms with Crippen molar-refractivity contribution in [2.75, 3.05) is 11.4 Å². The molecule has 5 heterocycles. The van der Waals surface area contributed by atoms with Crippen LogP contribution in [0.1, 0.15) is 38.7 Å². The van der Waals surface area contributed by atoms with Crippen LogP contribution in [-0.4, -0.2) is 56.5 Å². The molecule has 2 bridgehead atoms. The van der Waals surface area contributed by atoms with Crippen molar-refractivity contribution < 1.29 is 18.0 Å². The quantitative estimate of drug-likeness (QED) is 0.521. The summed E-state index contributed by atoms with van der Waals surface area (Å²) in [6, 6.07) is 15.8. The predicted molar refractivity (Wildman–Crippen MR) is 146 cm³/mol. The van der Waals surface area contributed by atoms with Gasteiger partial charge in [0.2, 0.25) is 0 Å². The van der Waals surface area contributed by atoms with Crippen molar-refractivity contribution >= 4 is 66.8 Å². The van der Waals surface area contributed by atoms with Gasteiger partial charge in [-0.1, -0.05) is 85.5 Å². The fourth-order valence-corrected chi connectivity index (χ4v) is 11.9. The lowest BCUT2D eigenvalue weighted by Gasteiger charge is -2.50. The Hall–Kier alpha value is -2.08. The number of fused-ring (bicyclic) bond motifs is 6. The van der Waals surface area contributed by atoms with Crippen molar-refractivity contribution in [1.29, 1.82) is 0 Å². The molecular weight excluding hydrogens is 535 g/mol. The number of para-hydroxylation sites is 1. The van der Waals surface area contributed by atoms with Gasteiger partial charge in [-0.3, -0.25) is 14.5 Å². The number of amides is 2. The summed E-state index contributed by atoms with van der Waals surface area (Å²) in [7, 11) is -2.42. The molecule has 2 aromatic carbocycles. The first-order valence-corrected chi connectivity index (χ1v) is 15.3. The van der Waals surface area contributed by atoms with E-state index in [0.29, 0.717) is 22.1 Å². The highest BCUT2D eigenvalue weighted by Gasteiger charge is 2.77. The van der Waals surface area contributed by atoms with E-state index in [2.05, 4.69) is 0 Å². The zero-order valence-electron chi connectivity index (χ0n) is 20.0. The average Bonchev–Trinajstić information content (AvgIpc) is 3.23. The molecule has 7 rings (SSSR count). The Bertz CT molecular complexity index is 1430. The highest BCUT2D eigenvalue weighted by molar-refractivity contribution is 8.48. The van der Waals surface area contributed by atoms with Crippen molar-refractivity contribution in [3.63, 3.8) is 0 Å². The molecule has 4 saturated heterocycles. The topological polar surface area (TPSA) is 78.0 Å². The minimum absolute atomic E-state index is 0.146. The number of hydrogen-bond acceptors (Lipinski definition) is 7. The average molecular weight is 560 g/mol. The van der Waals surface area contributed by atoms with Gasteiger partial charge in [-0.05, 0) is 37.1 Å². The largest absolute Gasteiger partial charge is 0.320 e. The van der Waals surface area contributed by atoms with Gasteiger partial charge in [-0.15, -0.1) is 0 Å². The second kappa shape index (κ2) is 7.72. The van der Waals surface area contributed by atoms with Crippen molar-refractivity contribution in [2.24, 2.45) is 0 Å². The minimum atomic E-state index is -4.07. The molecule has 2 amide bonds. The van der Waals surface area contributed by atoms with Crippen LogP contribution in [0.3, 0.4) is 0 Å². The van der Waals surface area contributed by atoms with Gasteiger partial charge in [0.15, 0.2) is 9.74 Å². The molecule has 1 spiro atoms. The van der Waals surface area contributed by atoms with Crippen molar-refractivity contribution in [3.05, 3.63) is 60.2 Å². The summed E-state index contributed by atoms with van der Waals surface area (Å²) >= 11 is 8.09. The highest BCUT2D eigenvalue weighted by atomic mass is 32.2. The maximum absolute atomic E-state index is 14.4. The normalized spacial score (nSPS) is 33.0. The first kappa shape index (κ1) is 24.3. The molecule has 7 nitrogen and oxygen atoms in total. The number of piperazine rings is 1. The molecular formula is C25H25N3O4S4. The number of hydrogen-bond donors (Lipinski definition) is 0. The van der Waals surface area contributed by atoms with E-state index in [1.807, 2.05) is 25.1 Å². The zero-order chi connectivity index (χ0) is 25.7. The molecule has 4 fully saturated rings. The molecule has 0 aliphatic carbocycles. The summed E-state index contributed by atoms with van der Waals surface area (Å²) in [4.78, 5) is 29.2. The SMILES string of the molecule is CCCC12CC34SC(=S)S[C@](C)(C(=O)N3[C@@H]1N(S(=O)(=O)c1ccccc1)c1ccccc12)N(C)C4=O. The molecule has 36 heavy (non-hydrogen) atoms. The van der Waals surface area contributed by atoms with Crippen LogP contribution in [0.5, 0.6) is 0 Å². The summed E-state index contributed by atoms with van der Waals surface area (Å²) in [5.74, 6) is -0.493. The highest BCUT2D eigenvalue weighted by Crippen LogP contribution is 2.67. The van der Waals surface area contributed by atoms with Gasteiger partial charge in [0.05, 0.1) is 10.6 Å². The number of thioether (sulfide) groups is 2. The van der Waals surface area contributed by atoms with Gasteiger partial charge < -0.3 is 4.90 Å². The Labute approximate surface area is 224 Å². The number of likely N-dealkylation sites (N-methyl/N-ethyl adjacent to an activating group) is 1. The smallest absolute Gasteiger partial charge is 0.266 e. The van der Waals surface area contributed by atoms with Crippen LogP contribution in [0.15, 0.2) is 59.5 Å². The van der Waals surface area contributed by atoms with E-state index in [0.717, 1.165) is 12.0 Å². The molecule has 0 radical (unpaired) electrons. The summed E-state index contributed by atoms with van der Waals surface area (Å²) < 4.78 is 30.5. The lowest BCUT2D eigenvalue weighted by atomic mass is 9.74. The van der Waals surface area contributed by atoms with E-state index in [4.69, 9.17) is 12.2 Å². The van der Waals surface area contributed by atoms with E-state index >= 15 is 0 Å². The van der Waals surface area contributed by atoms with E-state index in [1.54, 1.807) is 55.3 Å². The zero-order valence-corrected chi connectivity index (χ0v) is 23.3. The first-order chi connectivity index (χ1) is 17.0. The number of carbonyl (C=O) groups is 2. The molecule has 4 atom stereocenters. The number of rotatable bonds is 4. The van der Waals surface area contributed by atoms with Crippen LogP contribution in [0.25, 0.3) is 0 Å². The number of thiocarbonyl (C=S) groups is 1. The first-order valence-electron chi connectivity index (χ1n) is 11.8. The lowest BCUT2D eigenvalue weighted by molar-refractivity contribution is -0.163. The molecule has 2 unspecified atom stereocenters. The van der Waals surface area contributed by atoms with E-state index in [1.165, 1.54) is 32.7 Å². The third-order valence-electron chi connectivity index (χ3n) is 8.01. The van der Waals surface area contributed by atoms with E-state index < -0.39 is 31.3 Å². The van der Waals surface area contributed by atoms with Crippen molar-refractivity contribution in [3.8, 4) is 0 Å². The standard InChI is InChI=1S/C25H25N3O4S4/c1-4-14-24-15-25-21(30)26(3)23(2,34-22(33)35-25)20(29)27(25)19(24)28(18-13-9-8-12-17(18)24)36(31,32)16-10-6-5-7-11-16/h5-13,19H,4,14-15H2,1-3H3/t19-,23-,24?,25?/m1/s1. The Balaban J connectivity index is 1.67. The molecule has 188 valence electrons. The maximum Gasteiger partial charge on any atom is 0.266 e. The molecule has 0 aromatic heterocycles. The van der Waals surface area contributed by atoms with Gasteiger partial charge >= 0.3 is 0 Å². The summed E-state index contributed by atoms with van der Waals surface area (Å²) in [5.41, 5.74) is 0.665. The summed E-state index contributed by atoms with van der Waals surface area (Å²) in [6.07, 6.45) is 0.799. The Morgan fingerprint density at radius 3 is 2.39 bits per heavy atom. The number of anilines is 1. The molecule has 5 aliphatic heterocycles. The fourth-order valence-electron chi connectivity index (χ4n) is 6.43. The van der Waals surface area contributed by atoms with Gasteiger partial charge in [-0.25, -0.2) is 12.7 Å². The second-order valence-electron chi connectivity index (χ2n) is 9.85. The van der Waals surface area contributed by atoms with Crippen LogP contribution >= 0.6 is 35.7 Å². The van der Waals surface area contributed by atoms with Gasteiger partial charge in [-0.2, -0.15) is 0 Å². The van der Waals surface area contributed by atoms with Gasteiger partial charge in [0.1, 0.15) is 9.69 Å². The maximum atomic E-state index is 14.4. The third-order valence-corrected chi connectivity index (χ3v) is 12.8. The van der Waals surface area contributed by atoms with Gasteiger partial charge in [0, 0.05) is 18.9 Å². The van der Waals surface area contributed by atoms with Crippen molar-refractivity contribution in [2.45, 2.75) is 59.3 Å². The van der Waals surface area contributed by atoms with Crippen LogP contribution < -0.4 is 4.31 Å². The van der Waals surface area contributed by atoms with Crippen LogP contribution in [0, 0.1) is 0 Å². The number of nitrogens with zero attached hydrogens (tertiary/aromatic N) is 3. The predicted octanol–water partition coefficient (Wildman–Crippen LogP) is 4.14. The molecule has 2 aromatic rings. The third kappa shape index (κ3) is 2.77. The molecule has 11 heteroatoms. The number of carbonyl (C=O) groups excluding carboxylic acids is 2. The second-order valence-corrected chi connectivity index (χ2v) is 15.5. The Kier molecular flexibility index (Phi) is 5.20. The summed E-state index contributed by atoms with van der Waals surface area (Å²) in [6.45, 7) is 3.75. The molecule has 0 N–H and O–H groups in total. The minimum Gasteiger partial charge on any atom is -0.320 e. The lowest BCUT2D eigenvalue weighted by Crippen LogP contribution is -2.72. The van der Waals surface area contributed by atoms with E-state index in [9.17, 15) is 18.0 Å². The van der Waals surface area contributed by atoms with E-state index in [-0.39, 0.29) is 16.7 Å². The Morgan fingerprint density at radius 1 is 1.03 bits per heavy atom. The molecule has 5 aliphatic rings. The fraction of sp³-hybridized carbons (Fsp3) is 0.400. The van der Waals surface area contributed by atoms with Gasteiger partial charge in [0.25, 0.3) is 21.8 Å². The Morgan fingerprint density at radius 2 is 1.69 bits per heavy atom. The monoisotopic (exact) mass is 559 g/mol.